The number of hydrogen-bond donors (Lipinski definition) is 1. The molecule has 0 unspecified atom stereocenters. The van der Waals surface area contributed by atoms with E-state index in [0.29, 0.717) is 16.7 Å². The van der Waals surface area contributed by atoms with E-state index in [2.05, 4.69) is 10.2 Å². The number of fused-ring (bicyclic) bond motifs is 1. The van der Waals surface area contributed by atoms with Gasteiger partial charge in [-0.2, -0.15) is 13.2 Å². The van der Waals surface area contributed by atoms with Gasteiger partial charge in [-0.1, -0.05) is 11.6 Å². The molecule has 0 aliphatic rings. The lowest BCUT2D eigenvalue weighted by molar-refractivity contribution is -0.137. The van der Waals surface area contributed by atoms with Crippen LogP contribution in [0.2, 0.25) is 5.02 Å². The summed E-state index contributed by atoms with van der Waals surface area (Å²) in [5.41, 5.74) is -1.21. The standard InChI is InChI=1S/C8H3ClF3N3O2/c9-4-1-3(8(10,11)12)2-15-5(4)13-14-6(15)7(16)17/h1-2H,(H,16,17). The third kappa shape index (κ3) is 1.91. The van der Waals surface area contributed by atoms with E-state index in [1.165, 1.54) is 0 Å². The van der Waals surface area contributed by atoms with Gasteiger partial charge in [0.1, 0.15) is 0 Å². The van der Waals surface area contributed by atoms with Crippen LogP contribution in [0.4, 0.5) is 13.2 Å². The Morgan fingerprint density at radius 2 is 2.06 bits per heavy atom. The summed E-state index contributed by atoms with van der Waals surface area (Å²) in [6.07, 6.45) is -4.04. The third-order valence-corrected chi connectivity index (χ3v) is 2.26. The second kappa shape index (κ2) is 3.59. The Balaban J connectivity index is 2.78. The van der Waals surface area contributed by atoms with Gasteiger partial charge in [-0.3, -0.25) is 4.40 Å². The van der Waals surface area contributed by atoms with Gasteiger partial charge in [0.05, 0.1) is 10.6 Å². The van der Waals surface area contributed by atoms with E-state index < -0.39 is 23.5 Å². The molecular formula is C8H3ClF3N3O2. The summed E-state index contributed by atoms with van der Waals surface area (Å²) in [4.78, 5) is 10.7. The molecule has 2 rings (SSSR count). The molecule has 0 atom stereocenters. The van der Waals surface area contributed by atoms with Crippen molar-refractivity contribution in [3.8, 4) is 0 Å². The van der Waals surface area contributed by atoms with Crippen LogP contribution >= 0.6 is 11.6 Å². The highest BCUT2D eigenvalue weighted by Crippen LogP contribution is 2.32. The number of carbonyl (C=O) groups is 1. The summed E-state index contributed by atoms with van der Waals surface area (Å²) in [7, 11) is 0. The first kappa shape index (κ1) is 11.6. The molecule has 5 nitrogen and oxygen atoms in total. The van der Waals surface area contributed by atoms with Crippen molar-refractivity contribution >= 4 is 23.2 Å². The Kier molecular flexibility index (Phi) is 2.46. The maximum absolute atomic E-state index is 12.5. The molecule has 0 aliphatic heterocycles. The zero-order valence-corrected chi connectivity index (χ0v) is 8.62. The lowest BCUT2D eigenvalue weighted by Crippen LogP contribution is -2.09. The molecule has 0 fully saturated rings. The molecule has 2 aromatic heterocycles. The number of alkyl halides is 3. The fraction of sp³-hybridized carbons (Fsp3) is 0.125. The van der Waals surface area contributed by atoms with Gasteiger partial charge in [-0.15, -0.1) is 10.2 Å². The predicted octanol–water partition coefficient (Wildman–Crippen LogP) is 2.10. The highest BCUT2D eigenvalue weighted by molar-refractivity contribution is 6.33. The second-order valence-electron chi connectivity index (χ2n) is 3.10. The molecule has 0 aromatic carbocycles. The van der Waals surface area contributed by atoms with Crippen LogP contribution in [-0.2, 0) is 6.18 Å². The maximum Gasteiger partial charge on any atom is 0.417 e. The maximum atomic E-state index is 12.5. The first-order valence-electron chi connectivity index (χ1n) is 4.15. The van der Waals surface area contributed by atoms with Crippen LogP contribution in [0.1, 0.15) is 16.2 Å². The molecule has 0 spiro atoms. The predicted molar refractivity (Wildman–Crippen MR) is 50.0 cm³/mol. The van der Waals surface area contributed by atoms with Gasteiger partial charge in [-0.05, 0) is 6.07 Å². The van der Waals surface area contributed by atoms with Crippen LogP contribution in [0.5, 0.6) is 0 Å². The Hall–Kier alpha value is -1.83. The smallest absolute Gasteiger partial charge is 0.417 e. The van der Waals surface area contributed by atoms with E-state index in [1.54, 1.807) is 0 Å². The van der Waals surface area contributed by atoms with E-state index in [9.17, 15) is 18.0 Å². The van der Waals surface area contributed by atoms with Gasteiger partial charge in [0.2, 0.25) is 5.82 Å². The molecule has 0 bridgehead atoms. The number of rotatable bonds is 1. The van der Waals surface area contributed by atoms with Gasteiger partial charge in [-0.25, -0.2) is 4.79 Å². The molecule has 17 heavy (non-hydrogen) atoms. The summed E-state index contributed by atoms with van der Waals surface area (Å²) in [5, 5.41) is 15.0. The number of hydrogen-bond acceptors (Lipinski definition) is 3. The Bertz CT molecular complexity index is 608. The van der Waals surface area contributed by atoms with Gasteiger partial charge in [0.15, 0.2) is 5.65 Å². The van der Waals surface area contributed by atoms with E-state index in [4.69, 9.17) is 16.7 Å². The minimum Gasteiger partial charge on any atom is -0.475 e. The van der Waals surface area contributed by atoms with Crippen molar-refractivity contribution in [1.29, 1.82) is 0 Å². The van der Waals surface area contributed by atoms with E-state index in [-0.39, 0.29) is 10.7 Å². The SMILES string of the molecule is O=C(O)c1nnc2c(Cl)cc(C(F)(F)F)cn12. The van der Waals surface area contributed by atoms with Crippen LogP contribution in [0.15, 0.2) is 12.3 Å². The molecule has 0 saturated carbocycles. The molecule has 2 aromatic rings. The molecule has 0 radical (unpaired) electrons. The molecule has 0 aliphatic carbocycles. The van der Waals surface area contributed by atoms with Gasteiger partial charge in [0, 0.05) is 6.20 Å². The number of pyridine rings is 1. The van der Waals surface area contributed by atoms with Crippen molar-refractivity contribution in [3.63, 3.8) is 0 Å². The topological polar surface area (TPSA) is 67.5 Å². The van der Waals surface area contributed by atoms with Crippen molar-refractivity contribution in [2.24, 2.45) is 0 Å². The number of halogens is 4. The Morgan fingerprint density at radius 3 is 2.59 bits per heavy atom. The minimum absolute atomic E-state index is 0.142. The van der Waals surface area contributed by atoms with Crippen LogP contribution < -0.4 is 0 Å². The average molecular weight is 266 g/mol. The van der Waals surface area contributed by atoms with Gasteiger partial charge >= 0.3 is 12.1 Å². The zero-order valence-electron chi connectivity index (χ0n) is 7.86. The summed E-state index contributed by atoms with van der Waals surface area (Å²) in [6, 6.07) is 0.664. The van der Waals surface area contributed by atoms with Crippen LogP contribution in [0, 0.1) is 0 Å². The Morgan fingerprint density at radius 1 is 1.41 bits per heavy atom. The quantitative estimate of drug-likeness (QED) is 0.857. The van der Waals surface area contributed by atoms with Crippen molar-refractivity contribution in [1.82, 2.24) is 14.6 Å². The minimum atomic E-state index is -4.63. The van der Waals surface area contributed by atoms with Crippen LogP contribution in [0.25, 0.3) is 5.65 Å². The molecule has 2 heterocycles. The number of aromatic nitrogens is 3. The second-order valence-corrected chi connectivity index (χ2v) is 3.50. The van der Waals surface area contributed by atoms with Gasteiger partial charge < -0.3 is 5.11 Å². The highest BCUT2D eigenvalue weighted by atomic mass is 35.5. The van der Waals surface area contributed by atoms with Crippen LogP contribution in [0.3, 0.4) is 0 Å². The number of nitrogens with zero attached hydrogens (tertiary/aromatic N) is 3. The van der Waals surface area contributed by atoms with E-state index in [1.807, 2.05) is 0 Å². The Labute approximate surface area is 96.4 Å². The van der Waals surface area contributed by atoms with Gasteiger partial charge in [0.25, 0.3) is 0 Å². The van der Waals surface area contributed by atoms with Crippen molar-refractivity contribution < 1.29 is 23.1 Å². The summed E-state index contributed by atoms with van der Waals surface area (Å²) < 4.78 is 38.1. The van der Waals surface area contributed by atoms with Crippen LogP contribution in [-0.4, -0.2) is 25.7 Å². The first-order chi connectivity index (χ1) is 7.80. The van der Waals surface area contributed by atoms with E-state index in [0.717, 1.165) is 0 Å². The number of aromatic carboxylic acids is 1. The number of carboxylic acids is 1. The molecule has 0 saturated heterocycles. The highest BCUT2D eigenvalue weighted by Gasteiger charge is 2.32. The molecule has 1 N–H and O–H groups in total. The van der Waals surface area contributed by atoms with E-state index >= 15 is 0 Å². The molecular weight excluding hydrogens is 263 g/mol. The monoisotopic (exact) mass is 265 g/mol. The van der Waals surface area contributed by atoms with Crippen molar-refractivity contribution in [2.45, 2.75) is 6.18 Å². The lowest BCUT2D eigenvalue weighted by Gasteiger charge is -2.07. The lowest BCUT2D eigenvalue weighted by atomic mass is 10.3. The average Bonchev–Trinajstić information content (AvgIpc) is 2.60. The van der Waals surface area contributed by atoms with Crippen molar-refractivity contribution in [2.75, 3.05) is 0 Å². The fourth-order valence-electron chi connectivity index (χ4n) is 1.25. The van der Waals surface area contributed by atoms with Crippen molar-refractivity contribution in [3.05, 3.63) is 28.7 Å². The summed E-state index contributed by atoms with van der Waals surface area (Å²) in [5.74, 6) is -2.12. The third-order valence-electron chi connectivity index (χ3n) is 1.98. The fourth-order valence-corrected chi connectivity index (χ4v) is 1.50. The molecule has 90 valence electrons. The first-order valence-corrected chi connectivity index (χ1v) is 4.53. The molecule has 9 heteroatoms. The largest absolute Gasteiger partial charge is 0.475 e. The summed E-state index contributed by atoms with van der Waals surface area (Å²) in [6.45, 7) is 0. The summed E-state index contributed by atoms with van der Waals surface area (Å²) >= 11 is 5.57. The zero-order chi connectivity index (χ0) is 12.8. The number of carboxylic acid groups (broad SMARTS) is 1. The molecule has 0 amide bonds. The normalized spacial score (nSPS) is 12.0.